The summed E-state index contributed by atoms with van der Waals surface area (Å²) >= 11 is 5.41. The summed E-state index contributed by atoms with van der Waals surface area (Å²) in [6.45, 7) is 4.39. The van der Waals surface area contributed by atoms with E-state index in [1.165, 1.54) is 27.9 Å². The summed E-state index contributed by atoms with van der Waals surface area (Å²) in [5.41, 5.74) is 1.41. The summed E-state index contributed by atoms with van der Waals surface area (Å²) in [4.78, 5) is 3.93. The number of benzene rings is 1. The first-order valence-corrected chi connectivity index (χ1v) is 8.70. The molecule has 1 aliphatic rings. The average molecular weight is 351 g/mol. The first-order chi connectivity index (χ1) is 9.81. The molecule has 20 heavy (non-hydrogen) atoms. The molecular weight excluding hydrogens is 332 g/mol. The largest absolute Gasteiger partial charge is 0.308 e. The number of hydrogen-bond acceptors (Lipinski definition) is 3. The number of likely N-dealkylation sites (tertiary alicyclic amines) is 1. The summed E-state index contributed by atoms with van der Waals surface area (Å²) in [6.07, 6.45) is 1.25. The smallest absolute Gasteiger partial charge is 0.0327 e. The molecule has 1 unspecified atom stereocenters. The number of thiophene rings is 1. The van der Waals surface area contributed by atoms with Crippen molar-refractivity contribution in [2.45, 2.75) is 25.6 Å². The van der Waals surface area contributed by atoms with Crippen molar-refractivity contribution in [2.24, 2.45) is 0 Å². The van der Waals surface area contributed by atoms with Crippen LogP contribution < -0.4 is 5.32 Å². The van der Waals surface area contributed by atoms with Gasteiger partial charge in [0.05, 0.1) is 0 Å². The average Bonchev–Trinajstić information content (AvgIpc) is 3.07. The zero-order valence-corrected chi connectivity index (χ0v) is 13.8. The molecule has 2 nitrogen and oxygen atoms in total. The van der Waals surface area contributed by atoms with Gasteiger partial charge in [0.1, 0.15) is 0 Å². The molecule has 1 aliphatic heterocycles. The first-order valence-electron chi connectivity index (χ1n) is 7.03. The number of nitrogens with zero attached hydrogens (tertiary/aromatic N) is 1. The van der Waals surface area contributed by atoms with Crippen molar-refractivity contribution >= 4 is 27.3 Å². The van der Waals surface area contributed by atoms with Gasteiger partial charge in [0, 0.05) is 41.6 Å². The molecule has 1 atom stereocenters. The van der Waals surface area contributed by atoms with E-state index in [9.17, 15) is 0 Å². The van der Waals surface area contributed by atoms with Crippen molar-refractivity contribution in [3.8, 4) is 0 Å². The Kier molecular flexibility index (Phi) is 4.89. The van der Waals surface area contributed by atoms with E-state index in [2.05, 4.69) is 67.9 Å². The second-order valence-electron chi connectivity index (χ2n) is 5.28. The first kappa shape index (κ1) is 14.3. The van der Waals surface area contributed by atoms with E-state index in [0.29, 0.717) is 6.04 Å². The minimum absolute atomic E-state index is 0.618. The fraction of sp³-hybridized carbons (Fsp3) is 0.375. The molecule has 0 saturated carbocycles. The Balaban J connectivity index is 1.46. The van der Waals surface area contributed by atoms with E-state index in [-0.39, 0.29) is 0 Å². The molecule has 0 bridgehead atoms. The van der Waals surface area contributed by atoms with Crippen molar-refractivity contribution in [3.05, 3.63) is 56.7 Å². The fourth-order valence-electron chi connectivity index (χ4n) is 2.67. The molecule has 2 aromatic rings. The van der Waals surface area contributed by atoms with Gasteiger partial charge in [-0.25, -0.2) is 0 Å². The molecule has 0 radical (unpaired) electrons. The van der Waals surface area contributed by atoms with Gasteiger partial charge in [0.25, 0.3) is 0 Å². The zero-order valence-electron chi connectivity index (χ0n) is 11.4. The standard InChI is InChI=1S/C16H19BrN2S/c17-15-7-9-20-16(15)10-18-14-6-8-19(12-14)11-13-4-2-1-3-5-13/h1-5,7,9,14,18H,6,8,10-12H2. The second-order valence-corrected chi connectivity index (χ2v) is 7.13. The Hall–Kier alpha value is -0.680. The van der Waals surface area contributed by atoms with Crippen molar-refractivity contribution < 1.29 is 0 Å². The van der Waals surface area contributed by atoms with Crippen LogP contribution in [0.25, 0.3) is 0 Å². The molecule has 1 aromatic heterocycles. The van der Waals surface area contributed by atoms with Crippen LogP contribution in [0, 0.1) is 0 Å². The Labute approximate surface area is 132 Å². The maximum absolute atomic E-state index is 3.68. The van der Waals surface area contributed by atoms with Gasteiger partial charge in [0.15, 0.2) is 0 Å². The Morgan fingerprint density at radius 1 is 1.25 bits per heavy atom. The minimum atomic E-state index is 0.618. The molecular formula is C16H19BrN2S. The number of nitrogens with one attached hydrogen (secondary N) is 1. The fourth-order valence-corrected chi connectivity index (χ4v) is 4.12. The molecule has 1 fully saturated rings. The highest BCUT2D eigenvalue weighted by Crippen LogP contribution is 2.23. The SMILES string of the molecule is Brc1ccsc1CNC1CCN(Cc2ccccc2)C1. The van der Waals surface area contributed by atoms with E-state index in [1.54, 1.807) is 0 Å². The maximum Gasteiger partial charge on any atom is 0.0327 e. The van der Waals surface area contributed by atoms with Crippen molar-refractivity contribution in [2.75, 3.05) is 13.1 Å². The van der Waals surface area contributed by atoms with Crippen LogP contribution in [-0.4, -0.2) is 24.0 Å². The van der Waals surface area contributed by atoms with Crippen LogP contribution in [0.5, 0.6) is 0 Å². The van der Waals surface area contributed by atoms with E-state index in [4.69, 9.17) is 0 Å². The highest BCUT2D eigenvalue weighted by atomic mass is 79.9. The second kappa shape index (κ2) is 6.85. The predicted molar refractivity (Wildman–Crippen MR) is 89.0 cm³/mol. The number of rotatable bonds is 5. The summed E-state index contributed by atoms with van der Waals surface area (Å²) in [5.74, 6) is 0. The quantitative estimate of drug-likeness (QED) is 0.880. The number of halogens is 1. The maximum atomic E-state index is 3.68. The van der Waals surface area contributed by atoms with Gasteiger partial charge in [-0.15, -0.1) is 11.3 Å². The Morgan fingerprint density at radius 2 is 2.10 bits per heavy atom. The van der Waals surface area contributed by atoms with Gasteiger partial charge in [-0.1, -0.05) is 30.3 Å². The topological polar surface area (TPSA) is 15.3 Å². The van der Waals surface area contributed by atoms with Gasteiger partial charge in [0.2, 0.25) is 0 Å². The summed E-state index contributed by atoms with van der Waals surface area (Å²) in [7, 11) is 0. The molecule has 1 N–H and O–H groups in total. The Bertz CT molecular complexity index is 540. The van der Waals surface area contributed by atoms with Crippen LogP contribution in [0.3, 0.4) is 0 Å². The lowest BCUT2D eigenvalue weighted by Crippen LogP contribution is -2.31. The van der Waals surface area contributed by atoms with Crippen LogP contribution in [0.4, 0.5) is 0 Å². The van der Waals surface area contributed by atoms with E-state index < -0.39 is 0 Å². The summed E-state index contributed by atoms with van der Waals surface area (Å²) in [6, 6.07) is 13.5. The predicted octanol–water partition coefficient (Wildman–Crippen LogP) is 3.87. The van der Waals surface area contributed by atoms with Gasteiger partial charge in [-0.2, -0.15) is 0 Å². The van der Waals surface area contributed by atoms with E-state index in [1.807, 2.05) is 11.3 Å². The molecule has 1 aromatic carbocycles. The normalized spacial score (nSPS) is 19.6. The molecule has 3 rings (SSSR count). The highest BCUT2D eigenvalue weighted by molar-refractivity contribution is 9.10. The van der Waals surface area contributed by atoms with Gasteiger partial charge in [-0.3, -0.25) is 4.90 Å². The van der Waals surface area contributed by atoms with Gasteiger partial charge < -0.3 is 5.32 Å². The Morgan fingerprint density at radius 3 is 2.85 bits per heavy atom. The molecule has 1 saturated heterocycles. The third-order valence-corrected chi connectivity index (χ3v) is 5.69. The van der Waals surface area contributed by atoms with Crippen molar-refractivity contribution in [1.29, 1.82) is 0 Å². The molecule has 2 heterocycles. The van der Waals surface area contributed by atoms with Gasteiger partial charge in [-0.05, 0) is 39.4 Å². The molecule has 4 heteroatoms. The minimum Gasteiger partial charge on any atom is -0.308 e. The molecule has 0 aliphatic carbocycles. The lowest BCUT2D eigenvalue weighted by molar-refractivity contribution is 0.320. The summed E-state index contributed by atoms with van der Waals surface area (Å²) < 4.78 is 1.23. The lowest BCUT2D eigenvalue weighted by Gasteiger charge is -2.16. The van der Waals surface area contributed by atoms with Gasteiger partial charge >= 0.3 is 0 Å². The van der Waals surface area contributed by atoms with Crippen LogP contribution in [-0.2, 0) is 13.1 Å². The monoisotopic (exact) mass is 350 g/mol. The van der Waals surface area contributed by atoms with Crippen LogP contribution in [0.2, 0.25) is 0 Å². The third-order valence-electron chi connectivity index (χ3n) is 3.76. The highest BCUT2D eigenvalue weighted by Gasteiger charge is 2.22. The van der Waals surface area contributed by atoms with Crippen LogP contribution in [0.15, 0.2) is 46.3 Å². The van der Waals surface area contributed by atoms with Crippen molar-refractivity contribution in [3.63, 3.8) is 0 Å². The number of hydrogen-bond donors (Lipinski definition) is 1. The third kappa shape index (κ3) is 3.70. The molecule has 0 spiro atoms. The van der Waals surface area contributed by atoms with Crippen LogP contribution >= 0.6 is 27.3 Å². The molecule has 106 valence electrons. The summed E-state index contributed by atoms with van der Waals surface area (Å²) in [5, 5.41) is 5.82. The van der Waals surface area contributed by atoms with Crippen LogP contribution in [0.1, 0.15) is 16.9 Å². The molecule has 0 amide bonds. The van der Waals surface area contributed by atoms with E-state index >= 15 is 0 Å². The zero-order chi connectivity index (χ0) is 13.8. The van der Waals surface area contributed by atoms with Crippen molar-refractivity contribution in [1.82, 2.24) is 10.2 Å². The van der Waals surface area contributed by atoms with E-state index in [0.717, 1.165) is 19.6 Å². The lowest BCUT2D eigenvalue weighted by atomic mass is 10.2.